The monoisotopic (exact) mass is 380 g/mol. The minimum atomic E-state index is 0.354. The van der Waals surface area contributed by atoms with Gasteiger partial charge in [0.15, 0.2) is 0 Å². The number of benzene rings is 2. The lowest BCUT2D eigenvalue weighted by Gasteiger charge is -2.19. The van der Waals surface area contributed by atoms with Crippen LogP contribution in [-0.2, 0) is 6.42 Å². The summed E-state index contributed by atoms with van der Waals surface area (Å²) in [5.74, 6) is 0. The van der Waals surface area contributed by atoms with E-state index in [1.165, 1.54) is 32.3 Å². The average Bonchev–Trinajstić information content (AvgIpc) is 2.37. The van der Waals surface area contributed by atoms with Gasteiger partial charge in [-0.05, 0) is 55.0 Å². The van der Waals surface area contributed by atoms with Gasteiger partial charge in [0.1, 0.15) is 0 Å². The van der Waals surface area contributed by atoms with Crippen molar-refractivity contribution in [2.45, 2.75) is 32.0 Å². The number of aryl methyl sites for hydroxylation is 2. The fourth-order valence-corrected chi connectivity index (χ4v) is 3.99. The first-order valence-electron chi connectivity index (χ1n) is 6.45. The quantitative estimate of drug-likeness (QED) is 0.567. The number of halogens is 2. The largest absolute Gasteiger partial charge is 0.0835 e. The third-order valence-electron chi connectivity index (χ3n) is 3.51. The fourth-order valence-electron chi connectivity index (χ4n) is 2.58. The molecule has 1 atom stereocenters. The van der Waals surface area contributed by atoms with Crippen LogP contribution in [0.15, 0.2) is 40.9 Å². The van der Waals surface area contributed by atoms with Gasteiger partial charge in [-0.1, -0.05) is 68.3 Å². The van der Waals surface area contributed by atoms with Crippen LogP contribution in [0.2, 0.25) is 0 Å². The van der Waals surface area contributed by atoms with Crippen LogP contribution in [0, 0.1) is 20.8 Å². The molecule has 2 aromatic carbocycles. The molecule has 0 aromatic heterocycles. The highest BCUT2D eigenvalue weighted by Crippen LogP contribution is 2.36. The van der Waals surface area contributed by atoms with Gasteiger partial charge < -0.3 is 0 Å². The van der Waals surface area contributed by atoms with Crippen molar-refractivity contribution in [3.8, 4) is 0 Å². The van der Waals surface area contributed by atoms with Gasteiger partial charge in [0, 0.05) is 9.30 Å². The Hall–Kier alpha value is -0.600. The van der Waals surface area contributed by atoms with Gasteiger partial charge >= 0.3 is 0 Å². The molecule has 0 N–H and O–H groups in total. The molecule has 0 radical (unpaired) electrons. The van der Waals surface area contributed by atoms with Crippen molar-refractivity contribution in [2.24, 2.45) is 0 Å². The summed E-state index contributed by atoms with van der Waals surface area (Å²) in [6.45, 7) is 6.54. The minimum Gasteiger partial charge on any atom is -0.0835 e. The maximum absolute atomic E-state index is 3.86. The summed E-state index contributed by atoms with van der Waals surface area (Å²) in [5.41, 5.74) is 6.77. The lowest BCUT2D eigenvalue weighted by molar-refractivity contribution is 0.923. The Morgan fingerprint density at radius 3 is 2.26 bits per heavy atom. The van der Waals surface area contributed by atoms with Crippen molar-refractivity contribution in [3.63, 3.8) is 0 Å². The molecule has 1 unspecified atom stereocenters. The normalized spacial score (nSPS) is 12.5. The topological polar surface area (TPSA) is 0 Å². The van der Waals surface area contributed by atoms with Crippen LogP contribution < -0.4 is 0 Å². The SMILES string of the molecule is Cc1cc(C)c(C(Br)Cc2ccccc2)c(C)c1Br. The van der Waals surface area contributed by atoms with Gasteiger partial charge in [0.25, 0.3) is 0 Å². The fraction of sp³-hybridized carbons (Fsp3) is 0.294. The Morgan fingerprint density at radius 2 is 1.63 bits per heavy atom. The number of hydrogen-bond donors (Lipinski definition) is 0. The van der Waals surface area contributed by atoms with E-state index < -0.39 is 0 Å². The molecule has 0 nitrogen and oxygen atoms in total. The number of alkyl halides is 1. The molecule has 0 spiro atoms. The first-order valence-corrected chi connectivity index (χ1v) is 8.15. The lowest BCUT2D eigenvalue weighted by Crippen LogP contribution is -2.02. The molecule has 0 heterocycles. The Balaban J connectivity index is 2.34. The van der Waals surface area contributed by atoms with Crippen molar-refractivity contribution in [1.29, 1.82) is 0 Å². The highest BCUT2D eigenvalue weighted by atomic mass is 79.9. The summed E-state index contributed by atoms with van der Waals surface area (Å²) in [6.07, 6.45) is 1.01. The summed E-state index contributed by atoms with van der Waals surface area (Å²) >= 11 is 7.56. The van der Waals surface area contributed by atoms with Crippen LogP contribution in [-0.4, -0.2) is 0 Å². The van der Waals surface area contributed by atoms with Crippen molar-refractivity contribution in [3.05, 3.63) is 68.7 Å². The molecule has 100 valence electrons. The molecule has 2 rings (SSSR count). The van der Waals surface area contributed by atoms with E-state index >= 15 is 0 Å². The summed E-state index contributed by atoms with van der Waals surface area (Å²) in [7, 11) is 0. The number of hydrogen-bond acceptors (Lipinski definition) is 0. The predicted octanol–water partition coefficient (Wildman–Crippen LogP) is 6.05. The van der Waals surface area contributed by atoms with Crippen molar-refractivity contribution >= 4 is 31.9 Å². The summed E-state index contributed by atoms with van der Waals surface area (Å²) in [5, 5.41) is 0. The van der Waals surface area contributed by atoms with Gasteiger partial charge in [0.05, 0.1) is 0 Å². The van der Waals surface area contributed by atoms with E-state index in [0.717, 1.165) is 6.42 Å². The molecule has 0 saturated heterocycles. The molecule has 0 fully saturated rings. The Bertz CT molecular complexity index is 574. The molecule has 2 aromatic rings. The molecular formula is C17H18Br2. The Morgan fingerprint density at radius 1 is 1.00 bits per heavy atom. The maximum atomic E-state index is 3.86. The van der Waals surface area contributed by atoms with E-state index in [9.17, 15) is 0 Å². The van der Waals surface area contributed by atoms with Crippen molar-refractivity contribution in [1.82, 2.24) is 0 Å². The second-order valence-electron chi connectivity index (χ2n) is 5.02. The molecule has 0 aliphatic carbocycles. The van der Waals surface area contributed by atoms with Crippen LogP contribution in [0.25, 0.3) is 0 Å². The predicted molar refractivity (Wildman–Crippen MR) is 90.2 cm³/mol. The maximum Gasteiger partial charge on any atom is 0.0441 e. The van der Waals surface area contributed by atoms with Crippen LogP contribution >= 0.6 is 31.9 Å². The molecule has 0 amide bonds. The van der Waals surface area contributed by atoms with Gasteiger partial charge in [-0.15, -0.1) is 0 Å². The number of rotatable bonds is 3. The smallest absolute Gasteiger partial charge is 0.0441 e. The summed E-state index contributed by atoms with van der Waals surface area (Å²) in [4.78, 5) is 0.354. The van der Waals surface area contributed by atoms with E-state index in [1.807, 2.05) is 0 Å². The molecule has 2 heteroatoms. The minimum absolute atomic E-state index is 0.354. The van der Waals surface area contributed by atoms with Crippen LogP contribution in [0.1, 0.15) is 32.6 Å². The van der Waals surface area contributed by atoms with E-state index in [2.05, 4.69) is 89.0 Å². The molecule has 0 bridgehead atoms. The van der Waals surface area contributed by atoms with E-state index in [4.69, 9.17) is 0 Å². The standard InChI is InChI=1S/C17H18Br2/c1-11-9-12(2)17(19)13(3)16(11)15(18)10-14-7-5-4-6-8-14/h4-9,15H,10H2,1-3H3. The summed E-state index contributed by atoms with van der Waals surface area (Å²) < 4.78 is 1.23. The van der Waals surface area contributed by atoms with Gasteiger partial charge in [-0.2, -0.15) is 0 Å². The van der Waals surface area contributed by atoms with E-state index in [0.29, 0.717) is 4.83 Å². The first-order chi connectivity index (χ1) is 9.00. The average molecular weight is 382 g/mol. The van der Waals surface area contributed by atoms with E-state index in [1.54, 1.807) is 0 Å². The molecular weight excluding hydrogens is 364 g/mol. The molecule has 0 saturated carbocycles. The Labute approximate surface area is 132 Å². The molecule has 19 heavy (non-hydrogen) atoms. The third-order valence-corrected chi connectivity index (χ3v) is 5.51. The third kappa shape index (κ3) is 3.29. The highest BCUT2D eigenvalue weighted by molar-refractivity contribution is 9.10. The van der Waals surface area contributed by atoms with Crippen molar-refractivity contribution < 1.29 is 0 Å². The van der Waals surface area contributed by atoms with Crippen LogP contribution in [0.3, 0.4) is 0 Å². The zero-order chi connectivity index (χ0) is 14.0. The van der Waals surface area contributed by atoms with Crippen LogP contribution in [0.5, 0.6) is 0 Å². The van der Waals surface area contributed by atoms with Gasteiger partial charge in [0.2, 0.25) is 0 Å². The second-order valence-corrected chi connectivity index (χ2v) is 6.92. The first kappa shape index (κ1) is 14.8. The Kier molecular flexibility index (Phi) is 4.86. The second kappa shape index (κ2) is 6.23. The van der Waals surface area contributed by atoms with Gasteiger partial charge in [-0.25, -0.2) is 0 Å². The van der Waals surface area contributed by atoms with E-state index in [-0.39, 0.29) is 0 Å². The zero-order valence-electron chi connectivity index (χ0n) is 11.5. The molecule has 0 aliphatic rings. The van der Waals surface area contributed by atoms with Crippen molar-refractivity contribution in [2.75, 3.05) is 0 Å². The lowest BCUT2D eigenvalue weighted by atomic mass is 9.94. The summed E-state index contributed by atoms with van der Waals surface area (Å²) in [6, 6.07) is 12.9. The zero-order valence-corrected chi connectivity index (χ0v) is 14.7. The highest BCUT2D eigenvalue weighted by Gasteiger charge is 2.16. The molecule has 0 aliphatic heterocycles. The van der Waals surface area contributed by atoms with Gasteiger partial charge in [-0.3, -0.25) is 0 Å². The van der Waals surface area contributed by atoms with Crippen LogP contribution in [0.4, 0.5) is 0 Å².